The molecular formula is C14H14Cl2N2. The van der Waals surface area contributed by atoms with Crippen molar-refractivity contribution in [1.29, 1.82) is 0 Å². The van der Waals surface area contributed by atoms with Gasteiger partial charge in [-0.2, -0.15) is 0 Å². The number of pyridine rings is 1. The molecule has 0 radical (unpaired) electrons. The average molecular weight is 281 g/mol. The molecule has 0 fully saturated rings. The highest BCUT2D eigenvalue weighted by Crippen LogP contribution is 2.28. The van der Waals surface area contributed by atoms with E-state index in [2.05, 4.69) is 17.2 Å². The Hall–Kier alpha value is -1.09. The Balaban J connectivity index is 2.38. The summed E-state index contributed by atoms with van der Waals surface area (Å²) >= 11 is 12.0. The van der Waals surface area contributed by atoms with Crippen molar-refractivity contribution < 1.29 is 0 Å². The van der Waals surface area contributed by atoms with Gasteiger partial charge in [-0.1, -0.05) is 36.2 Å². The summed E-state index contributed by atoms with van der Waals surface area (Å²) in [6.07, 6.45) is 3.58. The Bertz CT molecular complexity index is 514. The van der Waals surface area contributed by atoms with E-state index in [1.807, 2.05) is 30.3 Å². The SMILES string of the molecule is CCNC(c1ccncc1)c1ccc(Cl)c(Cl)c1. The molecule has 1 aromatic carbocycles. The summed E-state index contributed by atoms with van der Waals surface area (Å²) in [6, 6.07) is 9.81. The molecule has 94 valence electrons. The molecule has 2 nitrogen and oxygen atoms in total. The van der Waals surface area contributed by atoms with E-state index in [-0.39, 0.29) is 6.04 Å². The van der Waals surface area contributed by atoms with Crippen LogP contribution in [0.15, 0.2) is 42.7 Å². The molecule has 1 N–H and O–H groups in total. The van der Waals surface area contributed by atoms with Gasteiger partial charge in [0.15, 0.2) is 0 Å². The van der Waals surface area contributed by atoms with E-state index in [0.29, 0.717) is 10.0 Å². The topological polar surface area (TPSA) is 24.9 Å². The van der Waals surface area contributed by atoms with Crippen LogP contribution in [0.1, 0.15) is 24.1 Å². The van der Waals surface area contributed by atoms with Crippen molar-refractivity contribution in [3.63, 3.8) is 0 Å². The third-order valence-corrected chi connectivity index (χ3v) is 3.46. The lowest BCUT2D eigenvalue weighted by Gasteiger charge is -2.19. The molecule has 4 heteroatoms. The van der Waals surface area contributed by atoms with Crippen molar-refractivity contribution in [3.8, 4) is 0 Å². The van der Waals surface area contributed by atoms with E-state index >= 15 is 0 Å². The molecule has 0 amide bonds. The predicted octanol–water partition coefficient (Wildman–Crippen LogP) is 4.09. The van der Waals surface area contributed by atoms with Crippen LogP contribution in [0.25, 0.3) is 0 Å². The fourth-order valence-electron chi connectivity index (χ4n) is 1.88. The Kier molecular flexibility index (Phi) is 4.59. The average Bonchev–Trinajstić information content (AvgIpc) is 2.40. The van der Waals surface area contributed by atoms with Crippen molar-refractivity contribution in [2.24, 2.45) is 0 Å². The smallest absolute Gasteiger partial charge is 0.0595 e. The monoisotopic (exact) mass is 280 g/mol. The lowest BCUT2D eigenvalue weighted by atomic mass is 10.00. The summed E-state index contributed by atoms with van der Waals surface area (Å²) in [4.78, 5) is 4.04. The minimum absolute atomic E-state index is 0.104. The minimum Gasteiger partial charge on any atom is -0.307 e. The molecule has 0 aliphatic carbocycles. The van der Waals surface area contributed by atoms with Crippen molar-refractivity contribution >= 4 is 23.2 Å². The third-order valence-electron chi connectivity index (χ3n) is 2.72. The summed E-state index contributed by atoms with van der Waals surface area (Å²) in [5, 5.41) is 4.58. The Morgan fingerprint density at radius 2 is 1.78 bits per heavy atom. The van der Waals surface area contributed by atoms with Crippen LogP contribution in [0, 0.1) is 0 Å². The van der Waals surface area contributed by atoms with E-state index in [1.54, 1.807) is 12.4 Å². The highest BCUT2D eigenvalue weighted by molar-refractivity contribution is 6.42. The highest BCUT2D eigenvalue weighted by atomic mass is 35.5. The first-order valence-electron chi connectivity index (χ1n) is 5.80. The molecular weight excluding hydrogens is 267 g/mol. The minimum atomic E-state index is 0.104. The molecule has 1 aromatic heterocycles. The largest absolute Gasteiger partial charge is 0.307 e. The molecule has 1 unspecified atom stereocenters. The molecule has 0 aliphatic heterocycles. The lowest BCUT2D eigenvalue weighted by Crippen LogP contribution is -2.21. The summed E-state index contributed by atoms with van der Waals surface area (Å²) in [5.74, 6) is 0. The fraction of sp³-hybridized carbons (Fsp3) is 0.214. The van der Waals surface area contributed by atoms with Gasteiger partial charge < -0.3 is 5.32 Å². The summed E-state index contributed by atoms with van der Waals surface area (Å²) in [5.41, 5.74) is 2.25. The van der Waals surface area contributed by atoms with E-state index < -0.39 is 0 Å². The molecule has 2 rings (SSSR count). The molecule has 0 aliphatic rings. The van der Waals surface area contributed by atoms with Crippen molar-refractivity contribution in [1.82, 2.24) is 10.3 Å². The summed E-state index contributed by atoms with van der Waals surface area (Å²) in [6.45, 7) is 2.94. The van der Waals surface area contributed by atoms with Gasteiger partial charge in [-0.25, -0.2) is 0 Å². The van der Waals surface area contributed by atoms with Crippen LogP contribution in [0.4, 0.5) is 0 Å². The van der Waals surface area contributed by atoms with Crippen molar-refractivity contribution in [2.75, 3.05) is 6.54 Å². The number of nitrogens with zero attached hydrogens (tertiary/aromatic N) is 1. The first-order chi connectivity index (χ1) is 8.72. The zero-order chi connectivity index (χ0) is 13.0. The zero-order valence-corrected chi connectivity index (χ0v) is 11.5. The second-order valence-corrected chi connectivity index (χ2v) is 4.76. The van der Waals surface area contributed by atoms with Gasteiger partial charge in [-0.05, 0) is 41.9 Å². The molecule has 1 heterocycles. The molecule has 0 bridgehead atoms. The van der Waals surface area contributed by atoms with Crippen LogP contribution >= 0.6 is 23.2 Å². The number of nitrogens with one attached hydrogen (secondary N) is 1. The van der Waals surface area contributed by atoms with Gasteiger partial charge in [-0.15, -0.1) is 0 Å². The van der Waals surface area contributed by atoms with Gasteiger partial charge >= 0.3 is 0 Å². The van der Waals surface area contributed by atoms with Crippen LogP contribution in [0.3, 0.4) is 0 Å². The summed E-state index contributed by atoms with van der Waals surface area (Å²) < 4.78 is 0. The van der Waals surface area contributed by atoms with Crippen LogP contribution in [0.5, 0.6) is 0 Å². The van der Waals surface area contributed by atoms with Crippen LogP contribution in [-0.4, -0.2) is 11.5 Å². The van der Waals surface area contributed by atoms with E-state index in [4.69, 9.17) is 23.2 Å². The van der Waals surface area contributed by atoms with Crippen LogP contribution < -0.4 is 5.32 Å². The normalized spacial score (nSPS) is 12.4. The quantitative estimate of drug-likeness (QED) is 0.913. The van der Waals surface area contributed by atoms with Crippen LogP contribution in [0.2, 0.25) is 10.0 Å². The van der Waals surface area contributed by atoms with Crippen molar-refractivity contribution in [2.45, 2.75) is 13.0 Å². The highest BCUT2D eigenvalue weighted by Gasteiger charge is 2.13. The Morgan fingerprint density at radius 1 is 1.06 bits per heavy atom. The molecule has 0 saturated carbocycles. The number of halogens is 2. The molecule has 2 aromatic rings. The predicted molar refractivity (Wildman–Crippen MR) is 76.2 cm³/mol. The third kappa shape index (κ3) is 3.02. The molecule has 18 heavy (non-hydrogen) atoms. The molecule has 0 saturated heterocycles. The standard InChI is InChI=1S/C14H14Cl2N2/c1-2-18-14(10-5-7-17-8-6-10)11-3-4-12(15)13(16)9-11/h3-9,14,18H,2H2,1H3. The van der Waals surface area contributed by atoms with Gasteiger partial charge in [0.05, 0.1) is 16.1 Å². The number of benzene rings is 1. The number of aromatic nitrogens is 1. The second kappa shape index (κ2) is 6.19. The van der Waals surface area contributed by atoms with Gasteiger partial charge in [-0.3, -0.25) is 4.98 Å². The van der Waals surface area contributed by atoms with E-state index in [9.17, 15) is 0 Å². The van der Waals surface area contributed by atoms with Gasteiger partial charge in [0, 0.05) is 12.4 Å². The maximum atomic E-state index is 6.07. The zero-order valence-electron chi connectivity index (χ0n) is 10.0. The lowest BCUT2D eigenvalue weighted by molar-refractivity contribution is 0.630. The second-order valence-electron chi connectivity index (χ2n) is 3.94. The molecule has 0 spiro atoms. The first kappa shape index (κ1) is 13.3. The Labute approximate surface area is 117 Å². The number of hydrogen-bond acceptors (Lipinski definition) is 2. The number of hydrogen-bond donors (Lipinski definition) is 1. The Morgan fingerprint density at radius 3 is 2.39 bits per heavy atom. The maximum absolute atomic E-state index is 6.07. The van der Waals surface area contributed by atoms with Crippen LogP contribution in [-0.2, 0) is 0 Å². The van der Waals surface area contributed by atoms with Gasteiger partial charge in [0.1, 0.15) is 0 Å². The van der Waals surface area contributed by atoms with E-state index in [1.165, 1.54) is 0 Å². The van der Waals surface area contributed by atoms with Gasteiger partial charge in [0.2, 0.25) is 0 Å². The molecule has 1 atom stereocenters. The fourth-order valence-corrected chi connectivity index (χ4v) is 2.19. The number of rotatable bonds is 4. The van der Waals surface area contributed by atoms with Gasteiger partial charge in [0.25, 0.3) is 0 Å². The van der Waals surface area contributed by atoms with Crippen molar-refractivity contribution in [3.05, 3.63) is 63.9 Å². The summed E-state index contributed by atoms with van der Waals surface area (Å²) in [7, 11) is 0. The van der Waals surface area contributed by atoms with E-state index in [0.717, 1.165) is 17.7 Å². The first-order valence-corrected chi connectivity index (χ1v) is 6.56. The maximum Gasteiger partial charge on any atom is 0.0595 e.